The van der Waals surface area contributed by atoms with Gasteiger partial charge in [0.15, 0.2) is 0 Å². The van der Waals surface area contributed by atoms with Crippen LogP contribution in [0.2, 0.25) is 0 Å². The molecule has 5 heteroatoms. The SMILES string of the molecule is CCOC1(C(=O)N2C[C@@H](C)[C@H](C(N)=O)C2)CCCC1. The maximum atomic E-state index is 12.7. The van der Waals surface area contributed by atoms with Crippen molar-refractivity contribution in [2.75, 3.05) is 19.7 Å². The predicted octanol–water partition coefficient (Wildman–Crippen LogP) is 0.915. The molecule has 1 saturated heterocycles. The van der Waals surface area contributed by atoms with E-state index in [1.54, 1.807) is 4.90 Å². The quantitative estimate of drug-likeness (QED) is 0.824. The van der Waals surface area contributed by atoms with Crippen LogP contribution in [0.1, 0.15) is 39.5 Å². The summed E-state index contributed by atoms with van der Waals surface area (Å²) in [4.78, 5) is 25.9. The van der Waals surface area contributed by atoms with Gasteiger partial charge in [0.25, 0.3) is 5.91 Å². The van der Waals surface area contributed by atoms with Gasteiger partial charge in [-0.3, -0.25) is 9.59 Å². The van der Waals surface area contributed by atoms with Crippen molar-refractivity contribution in [2.45, 2.75) is 45.1 Å². The van der Waals surface area contributed by atoms with Crippen LogP contribution in [0.3, 0.4) is 0 Å². The highest BCUT2D eigenvalue weighted by molar-refractivity contribution is 5.87. The summed E-state index contributed by atoms with van der Waals surface area (Å²) in [5.41, 5.74) is 4.75. The van der Waals surface area contributed by atoms with Crippen molar-refractivity contribution in [2.24, 2.45) is 17.6 Å². The van der Waals surface area contributed by atoms with Crippen molar-refractivity contribution in [1.82, 2.24) is 4.90 Å². The number of hydrogen-bond donors (Lipinski definition) is 1. The van der Waals surface area contributed by atoms with Gasteiger partial charge in [-0.25, -0.2) is 0 Å². The second-order valence-electron chi connectivity index (χ2n) is 5.83. The van der Waals surface area contributed by atoms with E-state index in [1.807, 2.05) is 13.8 Å². The maximum absolute atomic E-state index is 12.7. The summed E-state index contributed by atoms with van der Waals surface area (Å²) in [5, 5.41) is 0. The molecule has 1 aliphatic carbocycles. The third-order valence-corrected chi connectivity index (χ3v) is 4.49. The Balaban J connectivity index is 2.09. The summed E-state index contributed by atoms with van der Waals surface area (Å²) >= 11 is 0. The Morgan fingerprint density at radius 1 is 1.32 bits per heavy atom. The van der Waals surface area contributed by atoms with Crippen LogP contribution in [0.5, 0.6) is 0 Å². The first-order valence-corrected chi connectivity index (χ1v) is 7.23. The van der Waals surface area contributed by atoms with E-state index in [0.717, 1.165) is 25.7 Å². The zero-order valence-electron chi connectivity index (χ0n) is 11.9. The van der Waals surface area contributed by atoms with Gasteiger partial charge in [-0.15, -0.1) is 0 Å². The van der Waals surface area contributed by atoms with Gasteiger partial charge in [0.1, 0.15) is 5.60 Å². The number of carbonyl (C=O) groups is 2. The number of ether oxygens (including phenoxy) is 1. The van der Waals surface area contributed by atoms with E-state index in [0.29, 0.717) is 19.7 Å². The smallest absolute Gasteiger partial charge is 0.254 e. The molecular weight excluding hydrogens is 244 g/mol. The van der Waals surface area contributed by atoms with Gasteiger partial charge in [-0.05, 0) is 38.5 Å². The third-order valence-electron chi connectivity index (χ3n) is 4.49. The average molecular weight is 268 g/mol. The second kappa shape index (κ2) is 5.49. The normalized spacial score (nSPS) is 29.7. The van der Waals surface area contributed by atoms with Gasteiger partial charge in [0.05, 0.1) is 5.92 Å². The summed E-state index contributed by atoms with van der Waals surface area (Å²) in [6.07, 6.45) is 3.67. The Hall–Kier alpha value is -1.10. The van der Waals surface area contributed by atoms with Crippen molar-refractivity contribution < 1.29 is 14.3 Å². The molecule has 2 rings (SSSR count). The van der Waals surface area contributed by atoms with Crippen LogP contribution >= 0.6 is 0 Å². The van der Waals surface area contributed by atoms with Gasteiger partial charge in [-0.2, -0.15) is 0 Å². The molecule has 0 radical (unpaired) electrons. The van der Waals surface area contributed by atoms with Crippen LogP contribution < -0.4 is 5.73 Å². The van der Waals surface area contributed by atoms with Crippen LogP contribution in [-0.4, -0.2) is 42.0 Å². The fourth-order valence-corrected chi connectivity index (χ4v) is 3.43. The molecule has 1 saturated carbocycles. The molecule has 0 aromatic heterocycles. The molecule has 0 aromatic carbocycles. The van der Waals surface area contributed by atoms with Crippen LogP contribution in [0.4, 0.5) is 0 Å². The second-order valence-corrected chi connectivity index (χ2v) is 5.83. The van der Waals surface area contributed by atoms with Crippen LogP contribution in [0.15, 0.2) is 0 Å². The highest BCUT2D eigenvalue weighted by Gasteiger charge is 2.47. The molecule has 2 amide bonds. The third kappa shape index (κ3) is 2.61. The van der Waals surface area contributed by atoms with Crippen molar-refractivity contribution in [3.8, 4) is 0 Å². The van der Waals surface area contributed by atoms with E-state index >= 15 is 0 Å². The van der Waals surface area contributed by atoms with Gasteiger partial charge in [-0.1, -0.05) is 6.92 Å². The first-order valence-electron chi connectivity index (χ1n) is 7.23. The first-order chi connectivity index (χ1) is 9.00. The van der Waals surface area contributed by atoms with E-state index in [1.165, 1.54) is 0 Å². The Bertz CT molecular complexity index is 364. The van der Waals surface area contributed by atoms with E-state index < -0.39 is 5.60 Å². The number of amides is 2. The fourth-order valence-electron chi connectivity index (χ4n) is 3.43. The lowest BCUT2D eigenvalue weighted by atomic mass is 9.98. The van der Waals surface area contributed by atoms with Crippen molar-refractivity contribution in [1.29, 1.82) is 0 Å². The molecule has 0 unspecified atom stereocenters. The average Bonchev–Trinajstić information content (AvgIpc) is 2.96. The van der Waals surface area contributed by atoms with Crippen LogP contribution in [0.25, 0.3) is 0 Å². The van der Waals surface area contributed by atoms with Gasteiger partial charge < -0.3 is 15.4 Å². The van der Waals surface area contributed by atoms with E-state index in [-0.39, 0.29) is 23.7 Å². The highest BCUT2D eigenvalue weighted by atomic mass is 16.5. The van der Waals surface area contributed by atoms with Gasteiger partial charge in [0, 0.05) is 19.7 Å². The van der Waals surface area contributed by atoms with Crippen molar-refractivity contribution in [3.63, 3.8) is 0 Å². The minimum absolute atomic E-state index is 0.0578. The molecule has 2 fully saturated rings. The monoisotopic (exact) mass is 268 g/mol. The molecule has 0 aromatic rings. The van der Waals surface area contributed by atoms with E-state index in [4.69, 9.17) is 10.5 Å². The molecule has 2 atom stereocenters. The van der Waals surface area contributed by atoms with Crippen LogP contribution in [0, 0.1) is 11.8 Å². The topological polar surface area (TPSA) is 72.6 Å². The number of nitrogens with zero attached hydrogens (tertiary/aromatic N) is 1. The Morgan fingerprint density at radius 2 is 1.95 bits per heavy atom. The summed E-state index contributed by atoms with van der Waals surface area (Å²) < 4.78 is 5.79. The van der Waals surface area contributed by atoms with Crippen LogP contribution in [-0.2, 0) is 14.3 Å². The molecule has 2 N–H and O–H groups in total. The number of carbonyl (C=O) groups excluding carboxylic acids is 2. The largest absolute Gasteiger partial charge is 0.369 e. The molecular formula is C14H24N2O3. The van der Waals surface area contributed by atoms with Crippen molar-refractivity contribution >= 4 is 11.8 Å². The van der Waals surface area contributed by atoms with Crippen molar-refractivity contribution in [3.05, 3.63) is 0 Å². The zero-order chi connectivity index (χ0) is 14.0. The highest BCUT2D eigenvalue weighted by Crippen LogP contribution is 2.37. The van der Waals surface area contributed by atoms with E-state index in [2.05, 4.69) is 0 Å². The number of primary amides is 1. The summed E-state index contributed by atoms with van der Waals surface area (Å²) in [7, 11) is 0. The molecule has 5 nitrogen and oxygen atoms in total. The molecule has 19 heavy (non-hydrogen) atoms. The summed E-state index contributed by atoms with van der Waals surface area (Å²) in [6, 6.07) is 0. The van der Waals surface area contributed by atoms with E-state index in [9.17, 15) is 9.59 Å². The minimum Gasteiger partial charge on any atom is -0.369 e. The maximum Gasteiger partial charge on any atom is 0.254 e. The Labute approximate surface area is 114 Å². The van der Waals surface area contributed by atoms with Gasteiger partial charge in [0.2, 0.25) is 5.91 Å². The first kappa shape index (κ1) is 14.3. The summed E-state index contributed by atoms with van der Waals surface area (Å²) in [6.45, 7) is 5.51. The lowest BCUT2D eigenvalue weighted by Crippen LogP contribution is -2.48. The minimum atomic E-state index is -0.638. The molecule has 1 heterocycles. The molecule has 0 bridgehead atoms. The fraction of sp³-hybridized carbons (Fsp3) is 0.857. The Morgan fingerprint density at radius 3 is 2.42 bits per heavy atom. The molecule has 1 aliphatic heterocycles. The lowest BCUT2D eigenvalue weighted by Gasteiger charge is -2.32. The molecule has 0 spiro atoms. The number of likely N-dealkylation sites (tertiary alicyclic amines) is 1. The number of nitrogens with two attached hydrogens (primary N) is 1. The zero-order valence-corrected chi connectivity index (χ0v) is 11.9. The lowest BCUT2D eigenvalue weighted by molar-refractivity contribution is -0.156. The summed E-state index contributed by atoms with van der Waals surface area (Å²) in [5.74, 6) is -0.326. The standard InChI is InChI=1S/C14H24N2O3/c1-3-19-14(6-4-5-7-14)13(18)16-8-10(2)11(9-16)12(15)17/h10-11H,3-9H2,1-2H3,(H2,15,17)/t10-,11-/m1/s1. The molecule has 108 valence electrons. The molecule has 2 aliphatic rings. The van der Waals surface area contributed by atoms with Gasteiger partial charge >= 0.3 is 0 Å². The number of rotatable bonds is 4. The number of hydrogen-bond acceptors (Lipinski definition) is 3. The predicted molar refractivity (Wildman–Crippen MR) is 71.3 cm³/mol. The Kier molecular flexibility index (Phi) is 4.13.